The quantitative estimate of drug-likeness (QED) is 0.683. The van der Waals surface area contributed by atoms with Crippen molar-refractivity contribution in [2.24, 2.45) is 0 Å². The molecule has 88 valence electrons. The van der Waals surface area contributed by atoms with Crippen molar-refractivity contribution < 1.29 is 4.74 Å². The first kappa shape index (κ1) is 13.2. The Balaban J connectivity index is 2.47. The van der Waals surface area contributed by atoms with E-state index in [0.717, 1.165) is 12.8 Å². The normalized spacial score (nSPS) is 11.9. The van der Waals surface area contributed by atoms with Crippen LogP contribution < -0.4 is 0 Å². The molecule has 0 amide bonds. The minimum absolute atomic E-state index is 0.608. The van der Waals surface area contributed by atoms with E-state index in [4.69, 9.17) is 4.74 Å². The topological polar surface area (TPSA) is 9.23 Å². The van der Waals surface area contributed by atoms with Crippen LogP contribution in [0, 0.1) is 0 Å². The van der Waals surface area contributed by atoms with Gasteiger partial charge in [0.2, 0.25) is 0 Å². The maximum atomic E-state index is 5.11. The predicted octanol–water partition coefficient (Wildman–Crippen LogP) is 4.25. The van der Waals surface area contributed by atoms with E-state index in [2.05, 4.69) is 44.2 Å². The van der Waals surface area contributed by atoms with Crippen LogP contribution in [0.2, 0.25) is 0 Å². The van der Waals surface area contributed by atoms with E-state index in [1.54, 1.807) is 7.11 Å². The van der Waals surface area contributed by atoms with Crippen LogP contribution in [0.15, 0.2) is 41.5 Å². The van der Waals surface area contributed by atoms with Crippen LogP contribution in [-0.2, 0) is 11.2 Å². The average Bonchev–Trinajstić information content (AvgIpc) is 2.27. The van der Waals surface area contributed by atoms with Crippen molar-refractivity contribution in [2.45, 2.75) is 31.9 Å². The first-order chi connectivity index (χ1) is 7.72. The van der Waals surface area contributed by atoms with E-state index in [1.165, 1.54) is 10.5 Å². The lowest BCUT2D eigenvalue weighted by Gasteiger charge is -2.09. The SMILES string of the molecule is CO/C=C(/CCc1ccccc1)SC(C)C. The maximum Gasteiger partial charge on any atom is 0.0919 e. The monoisotopic (exact) mass is 236 g/mol. The number of aryl methyl sites for hydroxylation is 1. The van der Waals surface area contributed by atoms with Crippen LogP contribution in [-0.4, -0.2) is 12.4 Å². The highest BCUT2D eigenvalue weighted by Crippen LogP contribution is 2.25. The second-order valence-electron chi connectivity index (χ2n) is 3.97. The minimum Gasteiger partial charge on any atom is -0.504 e. The summed E-state index contributed by atoms with van der Waals surface area (Å²) in [5.41, 5.74) is 1.38. The summed E-state index contributed by atoms with van der Waals surface area (Å²) in [6.45, 7) is 4.41. The Labute approximate surface area is 103 Å². The van der Waals surface area contributed by atoms with Crippen molar-refractivity contribution in [3.63, 3.8) is 0 Å². The Bertz CT molecular complexity index is 317. The standard InChI is InChI=1S/C14H20OS/c1-12(2)16-14(11-15-3)10-9-13-7-5-4-6-8-13/h4-8,11-12H,9-10H2,1-3H3/b14-11-. The van der Waals surface area contributed by atoms with Crippen LogP contribution in [0.4, 0.5) is 0 Å². The second-order valence-corrected chi connectivity index (χ2v) is 5.67. The molecule has 0 aliphatic carbocycles. The van der Waals surface area contributed by atoms with E-state index in [-0.39, 0.29) is 0 Å². The van der Waals surface area contributed by atoms with Crippen LogP contribution >= 0.6 is 11.8 Å². The summed E-state index contributed by atoms with van der Waals surface area (Å²) in [5, 5.41) is 0.608. The molecule has 16 heavy (non-hydrogen) atoms. The van der Waals surface area contributed by atoms with Gasteiger partial charge in [-0.05, 0) is 18.4 Å². The lowest BCUT2D eigenvalue weighted by atomic mass is 10.1. The summed E-state index contributed by atoms with van der Waals surface area (Å²) >= 11 is 1.88. The van der Waals surface area contributed by atoms with Gasteiger partial charge in [-0.1, -0.05) is 44.2 Å². The Hall–Kier alpha value is -0.890. The average molecular weight is 236 g/mol. The molecule has 0 saturated carbocycles. The van der Waals surface area contributed by atoms with Gasteiger partial charge in [0, 0.05) is 10.2 Å². The minimum atomic E-state index is 0.608. The zero-order chi connectivity index (χ0) is 11.8. The molecule has 0 heterocycles. The molecule has 0 atom stereocenters. The smallest absolute Gasteiger partial charge is 0.0919 e. The van der Waals surface area contributed by atoms with Gasteiger partial charge in [0.05, 0.1) is 13.4 Å². The van der Waals surface area contributed by atoms with Gasteiger partial charge < -0.3 is 4.74 Å². The number of benzene rings is 1. The van der Waals surface area contributed by atoms with Crippen LogP contribution in [0.25, 0.3) is 0 Å². The zero-order valence-corrected chi connectivity index (χ0v) is 11.1. The van der Waals surface area contributed by atoms with E-state index < -0.39 is 0 Å². The maximum absolute atomic E-state index is 5.11. The number of rotatable bonds is 6. The summed E-state index contributed by atoms with van der Waals surface area (Å²) in [6.07, 6.45) is 4.00. The van der Waals surface area contributed by atoms with Crippen molar-refractivity contribution in [1.82, 2.24) is 0 Å². The molecule has 0 radical (unpaired) electrons. The van der Waals surface area contributed by atoms with Gasteiger partial charge in [-0.15, -0.1) is 11.8 Å². The lowest BCUT2D eigenvalue weighted by molar-refractivity contribution is 0.335. The number of hydrogen-bond acceptors (Lipinski definition) is 2. The zero-order valence-electron chi connectivity index (χ0n) is 10.3. The predicted molar refractivity (Wildman–Crippen MR) is 72.6 cm³/mol. The molecule has 1 nitrogen and oxygen atoms in total. The van der Waals surface area contributed by atoms with Crippen molar-refractivity contribution in [1.29, 1.82) is 0 Å². The fourth-order valence-corrected chi connectivity index (χ4v) is 2.47. The number of ether oxygens (including phenoxy) is 1. The molecule has 0 aliphatic heterocycles. The Morgan fingerprint density at radius 1 is 1.31 bits per heavy atom. The molecular formula is C14H20OS. The van der Waals surface area contributed by atoms with Gasteiger partial charge in [-0.2, -0.15) is 0 Å². The molecule has 1 aromatic rings. The Kier molecular flexibility index (Phi) is 6.09. The molecule has 0 aliphatic rings. The van der Waals surface area contributed by atoms with Crippen molar-refractivity contribution in [3.8, 4) is 0 Å². The van der Waals surface area contributed by atoms with Gasteiger partial charge in [0.15, 0.2) is 0 Å². The van der Waals surface area contributed by atoms with E-state index in [1.807, 2.05) is 18.0 Å². The third kappa shape index (κ3) is 5.26. The molecule has 0 bridgehead atoms. The summed E-state index contributed by atoms with van der Waals surface area (Å²) in [4.78, 5) is 1.32. The second kappa shape index (κ2) is 7.39. The summed E-state index contributed by atoms with van der Waals surface area (Å²) in [5.74, 6) is 0. The third-order valence-corrected chi connectivity index (χ3v) is 3.21. The molecule has 0 spiro atoms. The molecule has 0 unspecified atom stereocenters. The molecule has 0 N–H and O–H groups in total. The summed E-state index contributed by atoms with van der Waals surface area (Å²) < 4.78 is 5.11. The van der Waals surface area contributed by atoms with Crippen LogP contribution in [0.3, 0.4) is 0 Å². The van der Waals surface area contributed by atoms with Gasteiger partial charge in [-0.3, -0.25) is 0 Å². The number of thioether (sulfide) groups is 1. The van der Waals surface area contributed by atoms with E-state index in [0.29, 0.717) is 5.25 Å². The van der Waals surface area contributed by atoms with E-state index >= 15 is 0 Å². The molecule has 1 aromatic carbocycles. The fourth-order valence-electron chi connectivity index (χ4n) is 1.49. The molecule has 0 fully saturated rings. The fraction of sp³-hybridized carbons (Fsp3) is 0.429. The van der Waals surface area contributed by atoms with E-state index in [9.17, 15) is 0 Å². The van der Waals surface area contributed by atoms with Gasteiger partial charge in [0.1, 0.15) is 0 Å². The van der Waals surface area contributed by atoms with Crippen molar-refractivity contribution >= 4 is 11.8 Å². The Morgan fingerprint density at radius 3 is 2.56 bits per heavy atom. The highest BCUT2D eigenvalue weighted by atomic mass is 32.2. The largest absolute Gasteiger partial charge is 0.504 e. The molecule has 0 aromatic heterocycles. The number of methoxy groups -OCH3 is 1. The highest BCUT2D eigenvalue weighted by Gasteiger charge is 2.03. The third-order valence-electron chi connectivity index (χ3n) is 2.14. The first-order valence-corrected chi connectivity index (χ1v) is 6.52. The first-order valence-electron chi connectivity index (χ1n) is 5.64. The molecule has 1 rings (SSSR count). The summed E-state index contributed by atoms with van der Waals surface area (Å²) in [6, 6.07) is 10.6. The molecule has 2 heteroatoms. The molecule has 0 saturated heterocycles. The molecular weight excluding hydrogens is 216 g/mol. The van der Waals surface area contributed by atoms with Crippen molar-refractivity contribution in [2.75, 3.05) is 7.11 Å². The van der Waals surface area contributed by atoms with Crippen molar-refractivity contribution in [3.05, 3.63) is 47.1 Å². The lowest BCUT2D eigenvalue weighted by Crippen LogP contribution is -1.92. The Morgan fingerprint density at radius 2 is 2.00 bits per heavy atom. The van der Waals surface area contributed by atoms with Gasteiger partial charge in [-0.25, -0.2) is 0 Å². The van der Waals surface area contributed by atoms with Crippen LogP contribution in [0.5, 0.6) is 0 Å². The van der Waals surface area contributed by atoms with Gasteiger partial charge in [0.25, 0.3) is 0 Å². The number of hydrogen-bond donors (Lipinski definition) is 0. The van der Waals surface area contributed by atoms with Gasteiger partial charge >= 0.3 is 0 Å². The number of allylic oxidation sites excluding steroid dienone is 1. The summed E-state index contributed by atoms with van der Waals surface area (Å²) in [7, 11) is 1.71. The van der Waals surface area contributed by atoms with Crippen LogP contribution in [0.1, 0.15) is 25.8 Å². The highest BCUT2D eigenvalue weighted by molar-refractivity contribution is 8.03.